The molecule has 3 amide bonds. The summed E-state index contributed by atoms with van der Waals surface area (Å²) < 4.78 is 15.8. The van der Waals surface area contributed by atoms with E-state index in [1.165, 1.54) is 18.3 Å². The van der Waals surface area contributed by atoms with E-state index in [1.807, 2.05) is 47.9 Å². The van der Waals surface area contributed by atoms with Crippen molar-refractivity contribution in [2.24, 2.45) is 28.8 Å². The number of rotatable bonds is 5. The highest BCUT2D eigenvalue weighted by Crippen LogP contribution is 2.52. The predicted molar refractivity (Wildman–Crippen MR) is 129 cm³/mol. The van der Waals surface area contributed by atoms with Crippen LogP contribution >= 0.6 is 0 Å². The molecular formula is C27H23FN4O3. The Labute approximate surface area is 200 Å². The number of hydrogen-bond acceptors (Lipinski definition) is 4. The van der Waals surface area contributed by atoms with Gasteiger partial charge in [0, 0.05) is 22.2 Å². The number of carbonyl (C=O) groups excluding carboxylic acids is 3. The minimum absolute atomic E-state index is 0.0325. The maximum atomic E-state index is 14.0. The average molecular weight is 471 g/mol. The molecule has 35 heavy (non-hydrogen) atoms. The number of halogens is 1. The fraction of sp³-hybridized carbons (Fsp3) is 0.259. The van der Waals surface area contributed by atoms with Gasteiger partial charge in [-0.05, 0) is 43.4 Å². The van der Waals surface area contributed by atoms with Crippen molar-refractivity contribution in [1.29, 1.82) is 0 Å². The van der Waals surface area contributed by atoms with Crippen LogP contribution in [-0.2, 0) is 20.9 Å². The van der Waals surface area contributed by atoms with E-state index >= 15 is 0 Å². The molecule has 3 aliphatic rings. The van der Waals surface area contributed by atoms with E-state index in [2.05, 4.69) is 10.4 Å². The number of carbonyl (C=O) groups is 3. The Morgan fingerprint density at radius 1 is 1.06 bits per heavy atom. The molecule has 0 unspecified atom stereocenters. The average Bonchev–Trinajstić information content (AvgIpc) is 3.59. The highest BCUT2D eigenvalue weighted by atomic mass is 19.1. The van der Waals surface area contributed by atoms with Gasteiger partial charge in [-0.25, -0.2) is 4.39 Å². The van der Waals surface area contributed by atoms with Gasteiger partial charge in [-0.2, -0.15) is 10.1 Å². The fourth-order valence-corrected chi connectivity index (χ4v) is 5.84. The number of benzene rings is 2. The number of nitrogens with one attached hydrogen (secondary N) is 1. The Bertz CT molecular complexity index is 1430. The summed E-state index contributed by atoms with van der Waals surface area (Å²) in [7, 11) is 0. The zero-order chi connectivity index (χ0) is 24.3. The van der Waals surface area contributed by atoms with E-state index < -0.39 is 5.82 Å². The van der Waals surface area contributed by atoms with Gasteiger partial charge in [0.25, 0.3) is 11.8 Å². The quantitative estimate of drug-likeness (QED) is 0.349. The van der Waals surface area contributed by atoms with Gasteiger partial charge in [-0.1, -0.05) is 42.5 Å². The van der Waals surface area contributed by atoms with Crippen molar-refractivity contribution in [2.75, 3.05) is 5.32 Å². The molecule has 1 N–H and O–H groups in total. The van der Waals surface area contributed by atoms with Crippen LogP contribution in [0.15, 0.2) is 65.8 Å². The van der Waals surface area contributed by atoms with Crippen molar-refractivity contribution in [3.8, 4) is 0 Å². The third-order valence-corrected chi connectivity index (χ3v) is 7.48. The van der Waals surface area contributed by atoms with Crippen LogP contribution in [0, 0.1) is 36.4 Å². The van der Waals surface area contributed by atoms with Crippen LogP contribution < -0.4 is 5.32 Å². The molecule has 2 fully saturated rings. The molecule has 2 aromatic carbocycles. The van der Waals surface area contributed by atoms with Crippen LogP contribution in [0.1, 0.15) is 17.7 Å². The first-order valence-electron chi connectivity index (χ1n) is 11.7. The van der Waals surface area contributed by atoms with Gasteiger partial charge < -0.3 is 9.88 Å². The number of anilines is 1. The smallest absolute Gasteiger partial charge is 0.254 e. The van der Waals surface area contributed by atoms with Crippen molar-refractivity contribution >= 4 is 40.5 Å². The first-order valence-corrected chi connectivity index (χ1v) is 11.7. The lowest BCUT2D eigenvalue weighted by Crippen LogP contribution is -2.28. The van der Waals surface area contributed by atoms with Crippen LogP contribution in [-0.4, -0.2) is 33.5 Å². The minimum atomic E-state index is -0.504. The number of aromatic nitrogens is 1. The first-order chi connectivity index (χ1) is 16.9. The SMILES string of the molecule is Cc1c(C=NN2C(=O)[C@@H]3[C@H](C2=O)[C@H]2C=C[C@H]3C2)c2ccccc2n1CC(=O)Nc1ccccc1F. The molecule has 1 aliphatic heterocycles. The number of nitrogens with zero attached hydrogens (tertiary/aromatic N) is 3. The molecule has 7 nitrogen and oxygen atoms in total. The number of para-hydroxylation sites is 2. The molecule has 6 rings (SSSR count). The summed E-state index contributed by atoms with van der Waals surface area (Å²) in [6, 6.07) is 13.5. The molecule has 0 spiro atoms. The lowest BCUT2D eigenvalue weighted by Gasteiger charge is -2.13. The molecule has 2 aliphatic carbocycles. The van der Waals surface area contributed by atoms with Gasteiger partial charge in [0.1, 0.15) is 12.4 Å². The van der Waals surface area contributed by atoms with Crippen molar-refractivity contribution in [2.45, 2.75) is 19.9 Å². The van der Waals surface area contributed by atoms with Crippen LogP contribution in [0.3, 0.4) is 0 Å². The maximum Gasteiger partial charge on any atom is 0.254 e. The summed E-state index contributed by atoms with van der Waals surface area (Å²) in [6.45, 7) is 1.82. The molecule has 8 heteroatoms. The molecule has 4 atom stereocenters. The van der Waals surface area contributed by atoms with E-state index in [0.29, 0.717) is 0 Å². The highest BCUT2D eigenvalue weighted by Gasteiger charge is 2.59. The van der Waals surface area contributed by atoms with Gasteiger partial charge in [0.15, 0.2) is 0 Å². The summed E-state index contributed by atoms with van der Waals surface area (Å²) in [4.78, 5) is 38.7. The van der Waals surface area contributed by atoms with E-state index in [-0.39, 0.29) is 53.6 Å². The number of allylic oxidation sites excluding steroid dienone is 2. The molecule has 1 saturated carbocycles. The number of imide groups is 1. The Hall–Kier alpha value is -4.07. The summed E-state index contributed by atoms with van der Waals surface area (Å²) in [5, 5.41) is 8.82. The Morgan fingerprint density at radius 2 is 1.71 bits per heavy atom. The Morgan fingerprint density at radius 3 is 2.43 bits per heavy atom. The minimum Gasteiger partial charge on any atom is -0.335 e. The number of fused-ring (bicyclic) bond motifs is 6. The second kappa shape index (κ2) is 8.01. The van der Waals surface area contributed by atoms with Gasteiger partial charge >= 0.3 is 0 Å². The number of amides is 3. The van der Waals surface area contributed by atoms with Crippen molar-refractivity contribution < 1.29 is 18.8 Å². The van der Waals surface area contributed by atoms with Crippen molar-refractivity contribution in [3.05, 3.63) is 77.8 Å². The summed E-state index contributed by atoms with van der Waals surface area (Å²) in [6.07, 6.45) is 6.50. The normalized spacial score (nSPS) is 24.8. The van der Waals surface area contributed by atoms with Gasteiger partial charge in [0.2, 0.25) is 5.91 Å². The zero-order valence-corrected chi connectivity index (χ0v) is 19.0. The number of hydrogen-bond donors (Lipinski definition) is 1. The highest BCUT2D eigenvalue weighted by molar-refractivity contribution is 6.08. The second-order valence-corrected chi connectivity index (χ2v) is 9.36. The van der Waals surface area contributed by atoms with Crippen LogP contribution in [0.2, 0.25) is 0 Å². The molecule has 176 valence electrons. The lowest BCUT2D eigenvalue weighted by molar-refractivity contribution is -0.140. The largest absolute Gasteiger partial charge is 0.335 e. The third-order valence-electron chi connectivity index (χ3n) is 7.48. The van der Waals surface area contributed by atoms with Crippen LogP contribution in [0.5, 0.6) is 0 Å². The first kappa shape index (κ1) is 21.5. The van der Waals surface area contributed by atoms with Gasteiger partial charge in [-0.15, -0.1) is 0 Å². The Kier molecular flexibility index (Phi) is 4.91. The summed E-state index contributed by atoms with van der Waals surface area (Å²) in [5.41, 5.74) is 2.39. The monoisotopic (exact) mass is 470 g/mol. The van der Waals surface area contributed by atoms with Crippen molar-refractivity contribution in [1.82, 2.24) is 9.58 Å². The van der Waals surface area contributed by atoms with E-state index in [4.69, 9.17) is 0 Å². The molecule has 3 aromatic rings. The van der Waals surface area contributed by atoms with Crippen LogP contribution in [0.25, 0.3) is 10.9 Å². The third kappa shape index (κ3) is 3.31. The van der Waals surface area contributed by atoms with E-state index in [1.54, 1.807) is 12.1 Å². The molecule has 0 radical (unpaired) electrons. The molecular weight excluding hydrogens is 447 g/mol. The summed E-state index contributed by atoms with van der Waals surface area (Å²) in [5.74, 6) is -1.72. The fourth-order valence-electron chi connectivity index (χ4n) is 5.84. The predicted octanol–water partition coefficient (Wildman–Crippen LogP) is 3.87. The van der Waals surface area contributed by atoms with Gasteiger partial charge in [-0.3, -0.25) is 14.4 Å². The number of hydrazone groups is 1. The standard InChI is InChI=1S/C27H23FN4O3/c1-15-19(13-29-32-26(34)24-16-10-11-17(12-16)25(24)27(32)35)18-6-2-5-9-22(18)31(15)14-23(33)30-21-8-4-3-7-20(21)28/h2-11,13,16-17,24-25H,12,14H2,1H3,(H,30,33)/t16-,17-,24-,25+/m0/s1. The molecule has 2 heterocycles. The Balaban J connectivity index is 1.29. The maximum absolute atomic E-state index is 14.0. The van der Waals surface area contributed by atoms with Crippen molar-refractivity contribution in [3.63, 3.8) is 0 Å². The van der Waals surface area contributed by atoms with Crippen LogP contribution in [0.4, 0.5) is 10.1 Å². The van der Waals surface area contributed by atoms with E-state index in [9.17, 15) is 18.8 Å². The summed E-state index contributed by atoms with van der Waals surface area (Å²) >= 11 is 0. The lowest BCUT2D eigenvalue weighted by atomic mass is 9.85. The zero-order valence-electron chi connectivity index (χ0n) is 19.0. The van der Waals surface area contributed by atoms with Gasteiger partial charge in [0.05, 0.1) is 23.7 Å². The molecule has 2 bridgehead atoms. The second-order valence-electron chi connectivity index (χ2n) is 9.36. The topological polar surface area (TPSA) is 83.8 Å². The molecule has 1 saturated heterocycles. The molecule has 1 aromatic heterocycles. The van der Waals surface area contributed by atoms with E-state index in [0.717, 1.165) is 33.6 Å².